The fraction of sp³-hybridized carbons (Fsp3) is 0.733. The van der Waals surface area contributed by atoms with E-state index in [4.69, 9.17) is 4.74 Å². The summed E-state index contributed by atoms with van der Waals surface area (Å²) in [7, 11) is 3.36. The van der Waals surface area contributed by atoms with Crippen molar-refractivity contribution in [2.24, 2.45) is 5.41 Å². The molecular weight excluding hydrogens is 257 g/mol. The molecule has 5 heteroatoms. The second-order valence-corrected chi connectivity index (χ2v) is 6.41. The highest BCUT2D eigenvalue weighted by Gasteiger charge is 2.42. The number of aromatic nitrogens is 2. The molecule has 1 N–H and O–H groups in total. The lowest BCUT2D eigenvalue weighted by Crippen LogP contribution is -2.38. The molecular formula is C15H24FN3O. The number of hydrogen-bond donors (Lipinski definition) is 1. The van der Waals surface area contributed by atoms with E-state index in [9.17, 15) is 4.39 Å². The molecule has 0 atom stereocenters. The van der Waals surface area contributed by atoms with Gasteiger partial charge < -0.3 is 10.1 Å². The van der Waals surface area contributed by atoms with Gasteiger partial charge in [0.15, 0.2) is 17.5 Å². The maximum absolute atomic E-state index is 13.9. The summed E-state index contributed by atoms with van der Waals surface area (Å²) in [5, 5.41) is 2.79. The van der Waals surface area contributed by atoms with Crippen LogP contribution in [0.3, 0.4) is 0 Å². The Hall–Kier alpha value is -1.23. The van der Waals surface area contributed by atoms with Crippen LogP contribution in [0, 0.1) is 18.2 Å². The van der Waals surface area contributed by atoms with E-state index in [2.05, 4.69) is 29.1 Å². The molecule has 0 saturated heterocycles. The SMILES string of the molecule is CNc1nc(C2(OC)CCC(C)(C)CC2)nc(C)c1F. The van der Waals surface area contributed by atoms with Crippen molar-refractivity contribution in [3.63, 3.8) is 0 Å². The number of nitrogens with zero attached hydrogens (tertiary/aromatic N) is 2. The maximum Gasteiger partial charge on any atom is 0.186 e. The normalized spacial score (nSPS) is 20.7. The highest BCUT2D eigenvalue weighted by Crippen LogP contribution is 2.46. The molecule has 0 amide bonds. The number of nitrogens with one attached hydrogen (secondary N) is 1. The van der Waals surface area contributed by atoms with E-state index >= 15 is 0 Å². The zero-order valence-electron chi connectivity index (χ0n) is 13.0. The first-order valence-electron chi connectivity index (χ1n) is 7.11. The second kappa shape index (κ2) is 5.28. The van der Waals surface area contributed by atoms with E-state index in [0.717, 1.165) is 25.7 Å². The predicted molar refractivity (Wildman–Crippen MR) is 77.2 cm³/mol. The van der Waals surface area contributed by atoms with Gasteiger partial charge in [-0.05, 0) is 38.0 Å². The quantitative estimate of drug-likeness (QED) is 0.922. The van der Waals surface area contributed by atoms with Crippen LogP contribution in [-0.4, -0.2) is 24.1 Å². The molecule has 0 radical (unpaired) electrons. The minimum Gasteiger partial charge on any atom is -0.371 e. The van der Waals surface area contributed by atoms with E-state index in [1.807, 2.05) is 0 Å². The lowest BCUT2D eigenvalue weighted by atomic mass is 9.70. The van der Waals surface area contributed by atoms with Gasteiger partial charge in [0, 0.05) is 14.2 Å². The summed E-state index contributed by atoms with van der Waals surface area (Å²) in [6.45, 7) is 6.20. The smallest absolute Gasteiger partial charge is 0.186 e. The zero-order valence-corrected chi connectivity index (χ0v) is 13.0. The van der Waals surface area contributed by atoms with Crippen LogP contribution in [0.1, 0.15) is 51.0 Å². The summed E-state index contributed by atoms with van der Waals surface area (Å²) >= 11 is 0. The van der Waals surface area contributed by atoms with Gasteiger partial charge >= 0.3 is 0 Å². The molecule has 0 aliphatic heterocycles. The summed E-state index contributed by atoms with van der Waals surface area (Å²) in [4.78, 5) is 8.69. The molecule has 1 aliphatic rings. The highest BCUT2D eigenvalue weighted by atomic mass is 19.1. The maximum atomic E-state index is 13.9. The summed E-state index contributed by atoms with van der Waals surface area (Å²) < 4.78 is 19.6. The average Bonchev–Trinajstić information content (AvgIpc) is 2.42. The Kier molecular flexibility index (Phi) is 4.00. The van der Waals surface area contributed by atoms with Crippen LogP contribution < -0.4 is 5.32 Å². The minimum atomic E-state index is -0.487. The third-order valence-electron chi connectivity index (χ3n) is 4.46. The van der Waals surface area contributed by atoms with Crippen molar-refractivity contribution in [2.45, 2.75) is 52.1 Å². The first kappa shape index (κ1) is 15.2. The molecule has 1 heterocycles. The molecule has 1 aliphatic carbocycles. The lowest BCUT2D eigenvalue weighted by molar-refractivity contribution is -0.0730. The molecule has 0 unspecified atom stereocenters. The van der Waals surface area contributed by atoms with Crippen LogP contribution in [0.2, 0.25) is 0 Å². The number of halogens is 1. The number of anilines is 1. The Labute approximate surface area is 120 Å². The molecule has 4 nitrogen and oxygen atoms in total. The second-order valence-electron chi connectivity index (χ2n) is 6.41. The fourth-order valence-electron chi connectivity index (χ4n) is 2.78. The van der Waals surface area contributed by atoms with E-state index < -0.39 is 11.4 Å². The minimum absolute atomic E-state index is 0.244. The van der Waals surface area contributed by atoms with Crippen LogP contribution in [-0.2, 0) is 10.3 Å². The molecule has 0 bridgehead atoms. The van der Waals surface area contributed by atoms with Crippen LogP contribution in [0.15, 0.2) is 0 Å². The molecule has 2 rings (SSSR count). The Bertz CT molecular complexity index is 492. The van der Waals surface area contributed by atoms with Crippen molar-refractivity contribution >= 4 is 5.82 Å². The molecule has 112 valence electrons. The topological polar surface area (TPSA) is 47.0 Å². The van der Waals surface area contributed by atoms with E-state index in [0.29, 0.717) is 16.9 Å². The van der Waals surface area contributed by atoms with E-state index in [1.165, 1.54) is 0 Å². The molecule has 1 aromatic heterocycles. The van der Waals surface area contributed by atoms with Gasteiger partial charge in [-0.2, -0.15) is 0 Å². The van der Waals surface area contributed by atoms with E-state index in [1.54, 1.807) is 21.1 Å². The summed E-state index contributed by atoms with van der Waals surface area (Å²) in [6.07, 6.45) is 3.83. The van der Waals surface area contributed by atoms with Gasteiger partial charge in [-0.3, -0.25) is 0 Å². The summed E-state index contributed by atoms with van der Waals surface area (Å²) in [5.41, 5.74) is 0.198. The van der Waals surface area contributed by atoms with E-state index in [-0.39, 0.29) is 5.82 Å². The van der Waals surface area contributed by atoms with Crippen molar-refractivity contribution in [3.05, 3.63) is 17.3 Å². The van der Waals surface area contributed by atoms with Gasteiger partial charge in [-0.1, -0.05) is 13.8 Å². The summed E-state index contributed by atoms with van der Waals surface area (Å²) in [6, 6.07) is 0. The molecule has 0 aromatic carbocycles. The third-order valence-corrected chi connectivity index (χ3v) is 4.46. The molecule has 20 heavy (non-hydrogen) atoms. The first-order valence-corrected chi connectivity index (χ1v) is 7.11. The lowest BCUT2D eigenvalue weighted by Gasteiger charge is -2.41. The standard InChI is InChI=1S/C15H24FN3O/c1-10-11(16)12(17-4)19-13(18-10)15(20-5)8-6-14(2,3)7-9-15/h6-9H2,1-5H3,(H,17,18,19). The van der Waals surface area contributed by atoms with Crippen LogP contribution in [0.4, 0.5) is 10.2 Å². The fourth-order valence-corrected chi connectivity index (χ4v) is 2.78. The van der Waals surface area contributed by atoms with Gasteiger partial charge in [0.1, 0.15) is 5.60 Å². The van der Waals surface area contributed by atoms with Crippen molar-refractivity contribution in [2.75, 3.05) is 19.5 Å². The predicted octanol–water partition coefficient (Wildman–Crippen LogP) is 3.41. The Morgan fingerprint density at radius 3 is 2.25 bits per heavy atom. The molecule has 1 saturated carbocycles. The molecule has 0 spiro atoms. The highest BCUT2D eigenvalue weighted by molar-refractivity contribution is 5.38. The third kappa shape index (κ3) is 2.64. The van der Waals surface area contributed by atoms with Gasteiger partial charge in [-0.15, -0.1) is 0 Å². The average molecular weight is 281 g/mol. The van der Waals surface area contributed by atoms with Crippen LogP contribution in [0.5, 0.6) is 0 Å². The van der Waals surface area contributed by atoms with Gasteiger partial charge in [-0.25, -0.2) is 14.4 Å². The van der Waals surface area contributed by atoms with Gasteiger partial charge in [0.2, 0.25) is 0 Å². The van der Waals surface area contributed by atoms with Crippen molar-refractivity contribution < 1.29 is 9.13 Å². The van der Waals surface area contributed by atoms with Crippen LogP contribution >= 0.6 is 0 Å². The van der Waals surface area contributed by atoms with Crippen molar-refractivity contribution in [1.82, 2.24) is 9.97 Å². The van der Waals surface area contributed by atoms with Crippen molar-refractivity contribution in [1.29, 1.82) is 0 Å². The number of methoxy groups -OCH3 is 1. The van der Waals surface area contributed by atoms with Crippen molar-refractivity contribution in [3.8, 4) is 0 Å². The van der Waals surface area contributed by atoms with Crippen LogP contribution in [0.25, 0.3) is 0 Å². The Morgan fingerprint density at radius 2 is 1.75 bits per heavy atom. The summed E-state index contributed by atoms with van der Waals surface area (Å²) in [5.74, 6) is 0.450. The monoisotopic (exact) mass is 281 g/mol. The number of aryl methyl sites for hydroxylation is 1. The largest absolute Gasteiger partial charge is 0.371 e. The van der Waals surface area contributed by atoms with Gasteiger partial charge in [0.05, 0.1) is 5.69 Å². The zero-order chi connectivity index (χ0) is 15.0. The molecule has 1 aromatic rings. The Morgan fingerprint density at radius 1 is 1.15 bits per heavy atom. The number of hydrogen-bond acceptors (Lipinski definition) is 4. The number of ether oxygens (including phenoxy) is 1. The molecule has 1 fully saturated rings. The van der Waals surface area contributed by atoms with Gasteiger partial charge in [0.25, 0.3) is 0 Å². The Balaban J connectivity index is 2.40. The number of rotatable bonds is 3. The first-order chi connectivity index (χ1) is 9.33.